The molecule has 1 N–H and O–H groups in total. The number of rotatable bonds is 1. The van der Waals surface area contributed by atoms with Gasteiger partial charge in [-0.15, -0.1) is 0 Å². The minimum atomic E-state index is -0.851. The first-order valence-corrected chi connectivity index (χ1v) is 5.86. The summed E-state index contributed by atoms with van der Waals surface area (Å²) in [7, 11) is 0. The number of carbonyl (C=O) groups is 1. The van der Waals surface area contributed by atoms with Gasteiger partial charge < -0.3 is 5.11 Å². The van der Waals surface area contributed by atoms with Crippen molar-refractivity contribution in [1.29, 1.82) is 0 Å². The fourth-order valence-electron chi connectivity index (χ4n) is 3.45. The van der Waals surface area contributed by atoms with Gasteiger partial charge >= 0.3 is 0 Å². The highest BCUT2D eigenvalue weighted by atomic mass is 16.3. The summed E-state index contributed by atoms with van der Waals surface area (Å²) in [5, 5.41) is 10.8. The number of fused-ring (bicyclic) bond motifs is 1. The highest BCUT2D eigenvalue weighted by Gasteiger charge is 2.58. The van der Waals surface area contributed by atoms with E-state index in [1.807, 2.05) is 6.08 Å². The van der Waals surface area contributed by atoms with Crippen molar-refractivity contribution in [3.63, 3.8) is 0 Å². The van der Waals surface area contributed by atoms with Crippen molar-refractivity contribution in [2.45, 2.75) is 52.1 Å². The molecule has 0 aromatic rings. The van der Waals surface area contributed by atoms with Crippen LogP contribution in [0.2, 0.25) is 0 Å². The van der Waals surface area contributed by atoms with E-state index < -0.39 is 5.60 Å². The number of carbonyl (C=O) groups excluding carboxylic acids is 1. The van der Waals surface area contributed by atoms with Gasteiger partial charge in [0.25, 0.3) is 0 Å². The first-order valence-electron chi connectivity index (χ1n) is 5.86. The topological polar surface area (TPSA) is 37.3 Å². The summed E-state index contributed by atoms with van der Waals surface area (Å²) in [5.41, 5.74) is -0.278. The van der Waals surface area contributed by atoms with E-state index in [0.717, 1.165) is 25.7 Å². The minimum absolute atomic E-state index is 0.0394. The largest absolute Gasteiger partial charge is 0.384 e. The zero-order chi connectivity index (χ0) is 11.3. The quantitative estimate of drug-likeness (QED) is 0.718. The highest BCUT2D eigenvalue weighted by molar-refractivity contribution is 5.95. The number of ketones is 1. The molecule has 2 aliphatic rings. The third kappa shape index (κ3) is 1.24. The van der Waals surface area contributed by atoms with Crippen LogP contribution >= 0.6 is 0 Å². The van der Waals surface area contributed by atoms with Gasteiger partial charge in [-0.1, -0.05) is 19.9 Å². The summed E-state index contributed by atoms with van der Waals surface area (Å²) in [4.78, 5) is 11.6. The summed E-state index contributed by atoms with van der Waals surface area (Å²) in [6, 6.07) is 0. The van der Waals surface area contributed by atoms with Gasteiger partial charge in [-0.3, -0.25) is 4.79 Å². The van der Waals surface area contributed by atoms with Gasteiger partial charge in [-0.25, -0.2) is 0 Å². The van der Waals surface area contributed by atoms with E-state index in [2.05, 4.69) is 13.8 Å². The SMILES string of the molecule is CC(=O)C1=CCC[C@]2(C)[C@@H](C)CC[C@]12O. The Balaban J connectivity index is 2.48. The zero-order valence-electron chi connectivity index (χ0n) is 9.84. The van der Waals surface area contributed by atoms with E-state index >= 15 is 0 Å². The van der Waals surface area contributed by atoms with Gasteiger partial charge in [0, 0.05) is 11.0 Å². The van der Waals surface area contributed by atoms with E-state index in [-0.39, 0.29) is 11.2 Å². The molecule has 2 aliphatic carbocycles. The van der Waals surface area contributed by atoms with Crippen molar-refractivity contribution in [2.75, 3.05) is 0 Å². The summed E-state index contributed by atoms with van der Waals surface area (Å²) in [6.45, 7) is 5.90. The van der Waals surface area contributed by atoms with E-state index in [4.69, 9.17) is 0 Å². The lowest BCUT2D eigenvalue weighted by molar-refractivity contribution is -0.119. The second kappa shape index (κ2) is 3.18. The standard InChI is InChI=1S/C13H20O2/c1-9-6-8-13(15)11(10(2)14)5-4-7-12(9,13)3/h5,9,15H,4,6-8H2,1-3H3/t9-,12+,13-/m0/s1. The number of hydrogen-bond donors (Lipinski definition) is 1. The van der Waals surface area contributed by atoms with Crippen molar-refractivity contribution in [2.24, 2.45) is 11.3 Å². The highest BCUT2D eigenvalue weighted by Crippen LogP contribution is 2.58. The van der Waals surface area contributed by atoms with Gasteiger partial charge in [0.1, 0.15) is 0 Å². The number of aliphatic hydroxyl groups is 1. The molecule has 0 unspecified atom stereocenters. The summed E-state index contributed by atoms with van der Waals surface area (Å²) in [6.07, 6.45) is 5.65. The predicted octanol–water partition coefficient (Wildman–Crippen LogP) is 2.46. The molecular formula is C13H20O2. The molecule has 84 valence electrons. The maximum Gasteiger partial charge on any atom is 0.158 e. The number of allylic oxidation sites excluding steroid dienone is 1. The van der Waals surface area contributed by atoms with E-state index in [1.54, 1.807) is 6.92 Å². The summed E-state index contributed by atoms with van der Waals surface area (Å²) >= 11 is 0. The van der Waals surface area contributed by atoms with Crippen molar-refractivity contribution < 1.29 is 9.90 Å². The van der Waals surface area contributed by atoms with Gasteiger partial charge in [0.2, 0.25) is 0 Å². The molecule has 0 aromatic carbocycles. The molecule has 0 aromatic heterocycles. The molecule has 0 aliphatic heterocycles. The molecule has 1 fully saturated rings. The molecule has 2 heteroatoms. The lowest BCUT2D eigenvalue weighted by Crippen LogP contribution is -2.49. The molecule has 0 spiro atoms. The Hall–Kier alpha value is -0.630. The lowest BCUT2D eigenvalue weighted by Gasteiger charge is -2.46. The fourth-order valence-corrected chi connectivity index (χ4v) is 3.45. The van der Waals surface area contributed by atoms with Crippen LogP contribution in [0, 0.1) is 11.3 Å². The molecule has 1 saturated carbocycles. The smallest absolute Gasteiger partial charge is 0.158 e. The molecule has 0 saturated heterocycles. The molecule has 0 heterocycles. The summed E-state index contributed by atoms with van der Waals surface area (Å²) in [5.74, 6) is 0.545. The number of hydrogen-bond acceptors (Lipinski definition) is 2. The lowest BCUT2D eigenvalue weighted by atomic mass is 9.62. The predicted molar refractivity (Wildman–Crippen MR) is 59.5 cm³/mol. The Kier molecular flexibility index (Phi) is 2.30. The van der Waals surface area contributed by atoms with E-state index in [9.17, 15) is 9.90 Å². The normalized spacial score (nSPS) is 44.8. The maximum atomic E-state index is 11.6. The van der Waals surface area contributed by atoms with Crippen LogP contribution in [0.3, 0.4) is 0 Å². The average molecular weight is 208 g/mol. The van der Waals surface area contributed by atoms with E-state index in [0.29, 0.717) is 11.5 Å². The van der Waals surface area contributed by atoms with Crippen LogP contribution in [-0.4, -0.2) is 16.5 Å². The first-order chi connectivity index (χ1) is 6.92. The van der Waals surface area contributed by atoms with Crippen molar-refractivity contribution in [1.82, 2.24) is 0 Å². The molecule has 0 bridgehead atoms. The van der Waals surface area contributed by atoms with Crippen LogP contribution in [0.15, 0.2) is 11.6 Å². The third-order valence-corrected chi connectivity index (χ3v) is 4.81. The molecule has 2 nitrogen and oxygen atoms in total. The van der Waals surface area contributed by atoms with E-state index in [1.165, 1.54) is 0 Å². The van der Waals surface area contributed by atoms with Gasteiger partial charge in [0.05, 0.1) is 5.60 Å². The average Bonchev–Trinajstić information content (AvgIpc) is 2.40. The Morgan fingerprint density at radius 3 is 2.80 bits per heavy atom. The Morgan fingerprint density at radius 2 is 2.20 bits per heavy atom. The Morgan fingerprint density at radius 1 is 1.53 bits per heavy atom. The minimum Gasteiger partial charge on any atom is -0.384 e. The van der Waals surface area contributed by atoms with Crippen molar-refractivity contribution in [3.05, 3.63) is 11.6 Å². The van der Waals surface area contributed by atoms with Crippen molar-refractivity contribution in [3.8, 4) is 0 Å². The van der Waals surface area contributed by atoms with Crippen molar-refractivity contribution >= 4 is 5.78 Å². The van der Waals surface area contributed by atoms with Crippen LogP contribution in [0.25, 0.3) is 0 Å². The Labute approximate surface area is 91.4 Å². The monoisotopic (exact) mass is 208 g/mol. The van der Waals surface area contributed by atoms with Crippen LogP contribution < -0.4 is 0 Å². The fraction of sp³-hybridized carbons (Fsp3) is 0.769. The zero-order valence-corrected chi connectivity index (χ0v) is 9.84. The molecular weight excluding hydrogens is 188 g/mol. The van der Waals surface area contributed by atoms with Crippen LogP contribution in [0.1, 0.15) is 46.5 Å². The molecule has 3 atom stereocenters. The Bertz CT molecular complexity index is 331. The second-order valence-electron chi connectivity index (χ2n) is 5.43. The van der Waals surface area contributed by atoms with Gasteiger partial charge in [-0.05, 0) is 38.5 Å². The first kappa shape index (κ1) is 10.9. The van der Waals surface area contributed by atoms with Crippen LogP contribution in [0.4, 0.5) is 0 Å². The molecule has 2 rings (SSSR count). The molecule has 0 amide bonds. The van der Waals surface area contributed by atoms with Gasteiger partial charge in [-0.2, -0.15) is 0 Å². The molecule has 0 radical (unpaired) electrons. The maximum absolute atomic E-state index is 11.6. The van der Waals surface area contributed by atoms with Crippen LogP contribution in [0.5, 0.6) is 0 Å². The number of Topliss-reactive ketones (excluding diaryl/α,β-unsaturated/α-hetero) is 1. The van der Waals surface area contributed by atoms with Gasteiger partial charge in [0.15, 0.2) is 5.78 Å². The molecule has 15 heavy (non-hydrogen) atoms. The summed E-state index contributed by atoms with van der Waals surface area (Å²) < 4.78 is 0. The third-order valence-electron chi connectivity index (χ3n) is 4.81. The van der Waals surface area contributed by atoms with Crippen LogP contribution in [-0.2, 0) is 4.79 Å². The second-order valence-corrected chi connectivity index (χ2v) is 5.43.